The number of unbranched alkanes of at least 4 members (excludes halogenated alkanes) is 1. The molecule has 2 N–H and O–H groups in total. The lowest BCUT2D eigenvalue weighted by Crippen LogP contribution is -2.04. The Morgan fingerprint density at radius 1 is 1.33 bits per heavy atom. The molecule has 18 heavy (non-hydrogen) atoms. The van der Waals surface area contributed by atoms with Gasteiger partial charge in [0.15, 0.2) is 10.4 Å². The molecular weight excluding hydrogens is 264 g/mol. The molecular formula is C12H16N4S2. The SMILES string of the molecule is CCCCn1c(=S)[nH]c(=S)c2[nH]c(C3CC3)nc21. The fraction of sp³-hybridized carbons (Fsp3) is 0.583. The van der Waals surface area contributed by atoms with Crippen LogP contribution in [0.25, 0.3) is 11.2 Å². The maximum absolute atomic E-state index is 5.36. The van der Waals surface area contributed by atoms with Gasteiger partial charge in [-0.05, 0) is 31.5 Å². The van der Waals surface area contributed by atoms with Gasteiger partial charge in [-0.2, -0.15) is 0 Å². The number of aromatic nitrogens is 4. The molecule has 2 aromatic heterocycles. The van der Waals surface area contributed by atoms with E-state index < -0.39 is 0 Å². The van der Waals surface area contributed by atoms with Gasteiger partial charge in [-0.3, -0.25) is 0 Å². The fourth-order valence-corrected chi connectivity index (χ4v) is 2.72. The number of nitrogens with one attached hydrogen (secondary N) is 2. The van der Waals surface area contributed by atoms with Crippen molar-refractivity contribution in [3.8, 4) is 0 Å². The number of H-pyrrole nitrogens is 2. The summed E-state index contributed by atoms with van der Waals surface area (Å²) >= 11 is 10.7. The van der Waals surface area contributed by atoms with E-state index in [1.807, 2.05) is 0 Å². The second-order valence-electron chi connectivity index (χ2n) is 4.86. The van der Waals surface area contributed by atoms with Crippen LogP contribution in [0.3, 0.4) is 0 Å². The molecule has 2 aromatic rings. The molecule has 1 saturated carbocycles. The smallest absolute Gasteiger partial charge is 0.179 e. The number of aromatic amines is 2. The lowest BCUT2D eigenvalue weighted by Gasteiger charge is -2.06. The molecule has 1 aliphatic carbocycles. The molecule has 2 heterocycles. The minimum absolute atomic E-state index is 0.597. The highest BCUT2D eigenvalue weighted by Crippen LogP contribution is 2.39. The van der Waals surface area contributed by atoms with Crippen LogP contribution < -0.4 is 0 Å². The third-order valence-corrected chi connectivity index (χ3v) is 3.98. The summed E-state index contributed by atoms with van der Waals surface area (Å²) in [5.41, 5.74) is 1.84. The maximum Gasteiger partial charge on any atom is 0.179 e. The zero-order chi connectivity index (χ0) is 12.7. The van der Waals surface area contributed by atoms with Gasteiger partial charge in [0.25, 0.3) is 0 Å². The van der Waals surface area contributed by atoms with Crippen LogP contribution >= 0.6 is 24.4 Å². The van der Waals surface area contributed by atoms with Gasteiger partial charge in [-0.15, -0.1) is 0 Å². The molecule has 0 amide bonds. The van der Waals surface area contributed by atoms with Crippen molar-refractivity contribution in [2.24, 2.45) is 0 Å². The Kier molecular flexibility index (Phi) is 3.07. The summed E-state index contributed by atoms with van der Waals surface area (Å²) in [5, 5.41) is 0. The fourth-order valence-electron chi connectivity index (χ4n) is 2.13. The standard InChI is InChI=1S/C12H16N4S2/c1-2-3-6-16-10-8(11(17)15-12(16)18)13-9(14-10)7-4-5-7/h7H,2-6H2,1H3,(H,13,14)(H,15,17,18). The van der Waals surface area contributed by atoms with Crippen molar-refractivity contribution >= 4 is 35.6 Å². The maximum atomic E-state index is 5.36. The van der Waals surface area contributed by atoms with Crippen LogP contribution in [0.1, 0.15) is 44.3 Å². The number of hydrogen-bond donors (Lipinski definition) is 2. The van der Waals surface area contributed by atoms with Gasteiger partial charge >= 0.3 is 0 Å². The number of aryl methyl sites for hydroxylation is 1. The first kappa shape index (κ1) is 12.0. The number of rotatable bonds is 4. The number of imidazole rings is 1. The van der Waals surface area contributed by atoms with E-state index in [-0.39, 0.29) is 0 Å². The first-order valence-corrected chi connectivity index (χ1v) is 7.25. The Morgan fingerprint density at radius 2 is 2.11 bits per heavy atom. The monoisotopic (exact) mass is 280 g/mol. The molecule has 96 valence electrons. The van der Waals surface area contributed by atoms with Gasteiger partial charge in [0.2, 0.25) is 0 Å². The Balaban J connectivity index is 2.19. The predicted molar refractivity (Wildman–Crippen MR) is 77.0 cm³/mol. The second-order valence-corrected chi connectivity index (χ2v) is 5.65. The Hall–Kier alpha value is -1.01. The molecule has 0 spiro atoms. The average molecular weight is 280 g/mol. The van der Waals surface area contributed by atoms with E-state index in [0.29, 0.717) is 15.3 Å². The molecule has 3 rings (SSSR count). The van der Waals surface area contributed by atoms with Crippen LogP contribution in [-0.2, 0) is 6.54 Å². The Morgan fingerprint density at radius 3 is 2.78 bits per heavy atom. The van der Waals surface area contributed by atoms with Gasteiger partial charge in [-0.1, -0.05) is 25.6 Å². The van der Waals surface area contributed by atoms with Gasteiger partial charge in [0, 0.05) is 12.5 Å². The van der Waals surface area contributed by atoms with Crippen LogP contribution in [0, 0.1) is 9.41 Å². The minimum atomic E-state index is 0.597. The molecule has 1 aliphatic rings. The van der Waals surface area contributed by atoms with Crippen molar-refractivity contribution in [2.75, 3.05) is 0 Å². The highest BCUT2D eigenvalue weighted by molar-refractivity contribution is 7.72. The quantitative estimate of drug-likeness (QED) is 0.837. The Labute approximate surface area is 115 Å². The van der Waals surface area contributed by atoms with E-state index in [1.165, 1.54) is 12.8 Å². The molecule has 4 nitrogen and oxygen atoms in total. The summed E-state index contributed by atoms with van der Waals surface area (Å²) < 4.78 is 3.41. The molecule has 0 aromatic carbocycles. The van der Waals surface area contributed by atoms with E-state index in [4.69, 9.17) is 29.4 Å². The summed E-state index contributed by atoms with van der Waals surface area (Å²) in [4.78, 5) is 11.1. The lowest BCUT2D eigenvalue weighted by molar-refractivity contribution is 0.626. The van der Waals surface area contributed by atoms with E-state index in [1.54, 1.807) is 0 Å². The molecule has 0 unspecified atom stereocenters. The van der Waals surface area contributed by atoms with Crippen LogP contribution in [0.2, 0.25) is 0 Å². The Bertz CT molecular complexity index is 690. The molecule has 0 atom stereocenters. The average Bonchev–Trinajstić information content (AvgIpc) is 3.09. The van der Waals surface area contributed by atoms with Crippen molar-refractivity contribution in [3.05, 3.63) is 15.2 Å². The first-order chi connectivity index (χ1) is 8.70. The van der Waals surface area contributed by atoms with E-state index in [0.717, 1.165) is 36.4 Å². The summed E-state index contributed by atoms with van der Waals surface area (Å²) in [6.07, 6.45) is 4.69. The van der Waals surface area contributed by atoms with Crippen molar-refractivity contribution in [1.29, 1.82) is 0 Å². The largest absolute Gasteiger partial charge is 0.338 e. The van der Waals surface area contributed by atoms with Crippen LogP contribution in [0.15, 0.2) is 0 Å². The highest BCUT2D eigenvalue weighted by Gasteiger charge is 2.27. The molecule has 0 saturated heterocycles. The molecule has 0 radical (unpaired) electrons. The second kappa shape index (κ2) is 4.59. The topological polar surface area (TPSA) is 49.4 Å². The third kappa shape index (κ3) is 2.03. The lowest BCUT2D eigenvalue weighted by atomic mass is 10.3. The van der Waals surface area contributed by atoms with E-state index >= 15 is 0 Å². The number of fused-ring (bicyclic) bond motifs is 1. The summed E-state index contributed by atoms with van der Waals surface area (Å²) in [6.45, 7) is 3.07. The van der Waals surface area contributed by atoms with Gasteiger partial charge in [-0.25, -0.2) is 4.98 Å². The van der Waals surface area contributed by atoms with Gasteiger partial charge < -0.3 is 14.5 Å². The van der Waals surface area contributed by atoms with Crippen molar-refractivity contribution in [2.45, 2.75) is 45.1 Å². The van der Waals surface area contributed by atoms with Crippen LogP contribution in [-0.4, -0.2) is 19.5 Å². The van der Waals surface area contributed by atoms with Crippen molar-refractivity contribution < 1.29 is 0 Å². The van der Waals surface area contributed by atoms with Gasteiger partial charge in [0.05, 0.1) is 0 Å². The molecule has 1 fully saturated rings. The summed E-state index contributed by atoms with van der Waals surface area (Å²) in [5.74, 6) is 1.66. The van der Waals surface area contributed by atoms with Crippen molar-refractivity contribution in [3.63, 3.8) is 0 Å². The zero-order valence-corrected chi connectivity index (χ0v) is 12.0. The molecule has 0 aliphatic heterocycles. The van der Waals surface area contributed by atoms with Crippen LogP contribution in [0.4, 0.5) is 0 Å². The zero-order valence-electron chi connectivity index (χ0n) is 10.3. The van der Waals surface area contributed by atoms with Crippen molar-refractivity contribution in [1.82, 2.24) is 19.5 Å². The first-order valence-electron chi connectivity index (χ1n) is 6.43. The van der Waals surface area contributed by atoms with E-state index in [2.05, 4.69) is 21.5 Å². The third-order valence-electron chi connectivity index (χ3n) is 3.35. The highest BCUT2D eigenvalue weighted by atomic mass is 32.1. The normalized spacial score (nSPS) is 15.4. The molecule has 6 heteroatoms. The predicted octanol–water partition coefficient (Wildman–Crippen LogP) is 3.83. The minimum Gasteiger partial charge on any atom is -0.338 e. The number of hydrogen-bond acceptors (Lipinski definition) is 3. The van der Waals surface area contributed by atoms with E-state index in [9.17, 15) is 0 Å². The van der Waals surface area contributed by atoms with Gasteiger partial charge in [0.1, 0.15) is 16.0 Å². The summed E-state index contributed by atoms with van der Waals surface area (Å²) in [6, 6.07) is 0. The van der Waals surface area contributed by atoms with Crippen LogP contribution in [0.5, 0.6) is 0 Å². The summed E-state index contributed by atoms with van der Waals surface area (Å²) in [7, 11) is 0. The number of nitrogens with zero attached hydrogens (tertiary/aromatic N) is 2. The molecule has 0 bridgehead atoms.